The van der Waals surface area contributed by atoms with E-state index in [0.717, 1.165) is 0 Å². The van der Waals surface area contributed by atoms with Crippen LogP contribution in [0.5, 0.6) is 11.8 Å². The number of nitrogens with one attached hydrogen (secondary N) is 1. The fourth-order valence-electron chi connectivity index (χ4n) is 3.10. The van der Waals surface area contributed by atoms with Gasteiger partial charge in [0.2, 0.25) is 0 Å². The first-order valence-corrected chi connectivity index (χ1v) is 10.5. The molecule has 1 amide bonds. The summed E-state index contributed by atoms with van der Waals surface area (Å²) in [6.07, 6.45) is -0.114. The molecular formula is C25H23FN4O3. The summed E-state index contributed by atoms with van der Waals surface area (Å²) in [5, 5.41) is 7.23. The topological polar surface area (TPSA) is 78.3 Å². The molecule has 4 aromatic rings. The molecule has 7 nitrogen and oxygen atoms in total. The van der Waals surface area contributed by atoms with Crippen LogP contribution in [-0.2, 0) is 4.79 Å². The van der Waals surface area contributed by atoms with Crippen molar-refractivity contribution in [3.8, 4) is 28.8 Å². The minimum absolute atomic E-state index is 0.103. The van der Waals surface area contributed by atoms with Crippen LogP contribution in [-0.4, -0.2) is 33.4 Å². The molecule has 1 heterocycles. The molecule has 0 spiro atoms. The first kappa shape index (κ1) is 22.0. The molecule has 33 heavy (non-hydrogen) atoms. The first-order chi connectivity index (χ1) is 16.0. The van der Waals surface area contributed by atoms with E-state index in [1.54, 1.807) is 53.2 Å². The van der Waals surface area contributed by atoms with Crippen LogP contribution in [0.15, 0.2) is 78.9 Å². The van der Waals surface area contributed by atoms with E-state index in [9.17, 15) is 9.18 Å². The highest BCUT2D eigenvalue weighted by Gasteiger charge is 2.16. The molecule has 168 valence electrons. The standard InChI is InChI=1S/C25H23FN4O3/c1-17(2)33-25-28-24(18-7-6-8-19(26)15-18)30(29-25)21-13-11-20(12-14-21)27-23(31)16-32-22-9-4-3-5-10-22/h3-15,17H,16H2,1-2H3,(H,27,31). The molecule has 0 bridgehead atoms. The van der Waals surface area contributed by atoms with Crippen LogP contribution < -0.4 is 14.8 Å². The molecule has 0 radical (unpaired) electrons. The number of ether oxygens (including phenoxy) is 2. The Hall–Kier alpha value is -4.20. The van der Waals surface area contributed by atoms with Crippen LogP contribution in [0.3, 0.4) is 0 Å². The Balaban J connectivity index is 1.51. The molecule has 8 heteroatoms. The van der Waals surface area contributed by atoms with Crippen molar-refractivity contribution in [1.82, 2.24) is 14.8 Å². The lowest BCUT2D eigenvalue weighted by Crippen LogP contribution is -2.20. The van der Waals surface area contributed by atoms with Gasteiger partial charge in [-0.3, -0.25) is 4.79 Å². The summed E-state index contributed by atoms with van der Waals surface area (Å²) < 4.78 is 26.5. The lowest BCUT2D eigenvalue weighted by Gasteiger charge is -2.09. The largest absolute Gasteiger partial charge is 0.484 e. The Morgan fingerprint density at radius 2 is 1.79 bits per heavy atom. The van der Waals surface area contributed by atoms with Gasteiger partial charge in [0.1, 0.15) is 11.6 Å². The van der Waals surface area contributed by atoms with Crippen molar-refractivity contribution in [2.24, 2.45) is 0 Å². The Bertz CT molecular complexity index is 1220. The smallest absolute Gasteiger partial charge is 0.336 e. The molecule has 0 aliphatic heterocycles. The van der Waals surface area contributed by atoms with E-state index in [-0.39, 0.29) is 30.4 Å². The third-order valence-electron chi connectivity index (χ3n) is 4.52. The molecule has 1 aromatic heterocycles. The van der Waals surface area contributed by atoms with Crippen molar-refractivity contribution in [3.63, 3.8) is 0 Å². The summed E-state index contributed by atoms with van der Waals surface area (Å²) in [6.45, 7) is 3.65. The normalized spacial score (nSPS) is 10.8. The van der Waals surface area contributed by atoms with Gasteiger partial charge < -0.3 is 14.8 Å². The monoisotopic (exact) mass is 446 g/mol. The zero-order valence-electron chi connectivity index (χ0n) is 18.2. The van der Waals surface area contributed by atoms with Crippen molar-refractivity contribution in [3.05, 3.63) is 84.7 Å². The number of hydrogen-bond acceptors (Lipinski definition) is 5. The van der Waals surface area contributed by atoms with E-state index in [0.29, 0.717) is 28.5 Å². The number of aromatic nitrogens is 3. The van der Waals surface area contributed by atoms with Gasteiger partial charge in [-0.1, -0.05) is 30.3 Å². The summed E-state index contributed by atoms with van der Waals surface area (Å²) >= 11 is 0. The quantitative estimate of drug-likeness (QED) is 0.417. The number of rotatable bonds is 8. The van der Waals surface area contributed by atoms with E-state index in [2.05, 4.69) is 15.4 Å². The zero-order chi connectivity index (χ0) is 23.2. The minimum atomic E-state index is -0.371. The Kier molecular flexibility index (Phi) is 6.64. The second-order valence-electron chi connectivity index (χ2n) is 7.50. The number of carbonyl (C=O) groups is 1. The summed E-state index contributed by atoms with van der Waals surface area (Å²) in [6, 6.07) is 22.5. The molecule has 0 saturated heterocycles. The third-order valence-corrected chi connectivity index (χ3v) is 4.52. The van der Waals surface area contributed by atoms with Gasteiger partial charge in [-0.15, -0.1) is 5.10 Å². The van der Waals surface area contributed by atoms with Crippen LogP contribution >= 0.6 is 0 Å². The number of para-hydroxylation sites is 1. The molecule has 3 aromatic carbocycles. The second-order valence-corrected chi connectivity index (χ2v) is 7.50. The van der Waals surface area contributed by atoms with Crippen molar-refractivity contribution in [1.29, 1.82) is 0 Å². The highest BCUT2D eigenvalue weighted by atomic mass is 19.1. The van der Waals surface area contributed by atoms with Crippen LogP contribution in [0.1, 0.15) is 13.8 Å². The number of hydrogen-bond donors (Lipinski definition) is 1. The predicted octanol–water partition coefficient (Wildman–Crippen LogP) is 4.88. The van der Waals surface area contributed by atoms with Gasteiger partial charge >= 0.3 is 6.01 Å². The molecule has 0 aliphatic rings. The van der Waals surface area contributed by atoms with E-state index >= 15 is 0 Å². The highest BCUT2D eigenvalue weighted by Crippen LogP contribution is 2.25. The molecule has 0 saturated carbocycles. The summed E-state index contributed by atoms with van der Waals surface area (Å²) in [5.41, 5.74) is 1.85. The van der Waals surface area contributed by atoms with Gasteiger partial charge in [0.25, 0.3) is 5.91 Å². The van der Waals surface area contributed by atoms with Crippen LogP contribution in [0, 0.1) is 5.82 Å². The number of benzene rings is 3. The molecule has 0 unspecified atom stereocenters. The Morgan fingerprint density at radius 3 is 2.48 bits per heavy atom. The van der Waals surface area contributed by atoms with Crippen LogP contribution in [0.25, 0.3) is 17.1 Å². The highest BCUT2D eigenvalue weighted by molar-refractivity contribution is 5.91. The van der Waals surface area contributed by atoms with Crippen molar-refractivity contribution >= 4 is 11.6 Å². The van der Waals surface area contributed by atoms with Gasteiger partial charge in [-0.05, 0) is 62.4 Å². The van der Waals surface area contributed by atoms with E-state index in [1.165, 1.54) is 12.1 Å². The van der Waals surface area contributed by atoms with Gasteiger partial charge in [-0.2, -0.15) is 4.98 Å². The SMILES string of the molecule is CC(C)Oc1nc(-c2cccc(F)c2)n(-c2ccc(NC(=O)COc3ccccc3)cc2)n1. The third kappa shape index (κ3) is 5.74. The average molecular weight is 446 g/mol. The fraction of sp³-hybridized carbons (Fsp3) is 0.160. The van der Waals surface area contributed by atoms with E-state index in [1.807, 2.05) is 32.0 Å². The molecule has 0 fully saturated rings. The van der Waals surface area contributed by atoms with Crippen molar-refractivity contribution in [2.75, 3.05) is 11.9 Å². The average Bonchev–Trinajstić information content (AvgIpc) is 3.22. The maximum atomic E-state index is 13.8. The maximum Gasteiger partial charge on any atom is 0.336 e. The van der Waals surface area contributed by atoms with Crippen LogP contribution in [0.2, 0.25) is 0 Å². The first-order valence-electron chi connectivity index (χ1n) is 10.5. The maximum absolute atomic E-state index is 13.8. The zero-order valence-corrected chi connectivity index (χ0v) is 18.2. The van der Waals surface area contributed by atoms with Crippen molar-refractivity contribution in [2.45, 2.75) is 20.0 Å². The number of halogens is 1. The summed E-state index contributed by atoms with van der Waals surface area (Å²) in [5.74, 6) is 0.418. The predicted molar refractivity (Wildman–Crippen MR) is 123 cm³/mol. The number of nitrogens with zero attached hydrogens (tertiary/aromatic N) is 3. The lowest BCUT2D eigenvalue weighted by atomic mass is 10.2. The van der Waals surface area contributed by atoms with Gasteiger partial charge in [0, 0.05) is 11.3 Å². The van der Waals surface area contributed by atoms with Crippen molar-refractivity contribution < 1.29 is 18.7 Å². The van der Waals surface area contributed by atoms with E-state index in [4.69, 9.17) is 9.47 Å². The Labute approximate surface area is 190 Å². The number of amides is 1. The number of carbonyl (C=O) groups excluding carboxylic acids is 1. The Morgan fingerprint density at radius 1 is 1.03 bits per heavy atom. The lowest BCUT2D eigenvalue weighted by molar-refractivity contribution is -0.118. The fourth-order valence-corrected chi connectivity index (χ4v) is 3.10. The van der Waals surface area contributed by atoms with Gasteiger partial charge in [0.05, 0.1) is 11.8 Å². The second kappa shape index (κ2) is 9.95. The molecule has 4 rings (SSSR count). The number of anilines is 1. The summed E-state index contributed by atoms with van der Waals surface area (Å²) in [7, 11) is 0. The van der Waals surface area contributed by atoms with Gasteiger partial charge in [0.15, 0.2) is 12.4 Å². The molecule has 1 N–H and O–H groups in total. The molecular weight excluding hydrogens is 423 g/mol. The van der Waals surface area contributed by atoms with Gasteiger partial charge in [-0.25, -0.2) is 9.07 Å². The van der Waals surface area contributed by atoms with E-state index < -0.39 is 0 Å². The molecule has 0 atom stereocenters. The molecule has 0 aliphatic carbocycles. The summed E-state index contributed by atoms with van der Waals surface area (Å²) in [4.78, 5) is 16.6. The van der Waals surface area contributed by atoms with Crippen LogP contribution in [0.4, 0.5) is 10.1 Å². The minimum Gasteiger partial charge on any atom is -0.484 e.